The van der Waals surface area contributed by atoms with Gasteiger partial charge in [0.05, 0.1) is 23.1 Å². The molecule has 3 aromatic carbocycles. The number of rotatable bonds is 13. The highest BCUT2D eigenvalue weighted by molar-refractivity contribution is 7.90. The number of esters is 1. The van der Waals surface area contributed by atoms with Gasteiger partial charge in [-0.3, -0.25) is 4.79 Å². The second kappa shape index (κ2) is 22.5. The third-order valence-corrected chi connectivity index (χ3v) is 14.0. The molecule has 6 rings (SSSR count). The van der Waals surface area contributed by atoms with Gasteiger partial charge in [-0.15, -0.1) is 0 Å². The van der Waals surface area contributed by atoms with Gasteiger partial charge in [0.2, 0.25) is 0 Å². The number of carbonyl (C=O) groups is 2. The molecule has 1 aromatic heterocycles. The van der Waals surface area contributed by atoms with Gasteiger partial charge < -0.3 is 24.8 Å². The maximum Gasteiger partial charge on any atom is 0.358 e. The molecule has 1 saturated carbocycles. The van der Waals surface area contributed by atoms with Crippen LogP contribution in [-0.4, -0.2) is 90.0 Å². The molecule has 2 unspecified atom stereocenters. The van der Waals surface area contributed by atoms with Gasteiger partial charge in [-0.05, 0) is 106 Å². The second-order valence-corrected chi connectivity index (χ2v) is 21.9. The van der Waals surface area contributed by atoms with Crippen molar-refractivity contribution < 1.29 is 32.6 Å². The number of halogens is 2. The third-order valence-electron chi connectivity index (χ3n) is 12.5. The predicted octanol–water partition coefficient (Wildman–Crippen LogP) is 11.3. The largest absolute Gasteiger partial charge is 0.508 e. The molecule has 2 heterocycles. The zero-order chi connectivity index (χ0) is 49.4. The lowest BCUT2D eigenvalue weighted by Crippen LogP contribution is -2.53. The van der Waals surface area contributed by atoms with Crippen LogP contribution in [0.4, 0.5) is 17.2 Å². The minimum atomic E-state index is -3.17. The molecule has 2 atom stereocenters. The van der Waals surface area contributed by atoms with Gasteiger partial charge in [-0.25, -0.2) is 23.2 Å². The van der Waals surface area contributed by atoms with Crippen LogP contribution in [0.5, 0.6) is 11.5 Å². The molecule has 1 aliphatic heterocycles. The standard InChI is InChI=1S/C51H65Cl2N7O7S/c1-9-59(27-28-68(8,64)65)36-21-24-41(33(3)29-36)54-46-45(38-23-20-35(52)30-40(38)53)56-49(57-46)60-44(32-42(58-60)47(62)66-10-2)55-48(63)51(26-18-16-14-12-11-13-15-17-19-34(51)4)67-37-22-25-43(61)39(31-37)50(5,6)7/h20-25,29-32,34,61H,9-19,26-28H2,1-8H3,(H,55,63). The number of nitrogens with zero attached hydrogens (tertiary/aromatic N) is 6. The van der Waals surface area contributed by atoms with Crippen molar-refractivity contribution in [3.8, 4) is 11.5 Å². The Morgan fingerprint density at radius 1 is 0.956 bits per heavy atom. The molecule has 1 aliphatic carbocycles. The molecular formula is C51H65Cl2N7O7S. The van der Waals surface area contributed by atoms with Gasteiger partial charge in [-0.2, -0.15) is 14.8 Å². The summed E-state index contributed by atoms with van der Waals surface area (Å²) in [5, 5.41) is 19.4. The zero-order valence-corrected chi connectivity index (χ0v) is 42.8. The molecule has 2 aliphatic rings. The summed E-state index contributed by atoms with van der Waals surface area (Å²) in [6.45, 7) is 14.7. The first-order valence-corrected chi connectivity index (χ1v) is 26.4. The van der Waals surface area contributed by atoms with Crippen molar-refractivity contribution in [3.05, 3.63) is 93.1 Å². The van der Waals surface area contributed by atoms with E-state index in [1.54, 1.807) is 37.3 Å². The Morgan fingerprint density at radius 2 is 1.66 bits per heavy atom. The average Bonchev–Trinajstić information content (AvgIpc) is 3.88. The maximum atomic E-state index is 15.4. The molecule has 4 aromatic rings. The number of ether oxygens (including phenoxy) is 2. The number of sulfone groups is 1. The van der Waals surface area contributed by atoms with Crippen molar-refractivity contribution in [1.29, 1.82) is 0 Å². The Hall–Kier alpha value is -5.25. The van der Waals surface area contributed by atoms with Crippen molar-refractivity contribution in [2.24, 2.45) is 20.9 Å². The van der Waals surface area contributed by atoms with Gasteiger partial charge in [-0.1, -0.05) is 95.8 Å². The lowest BCUT2D eigenvalue weighted by molar-refractivity contribution is -0.137. The number of anilines is 2. The van der Waals surface area contributed by atoms with E-state index in [1.807, 2.05) is 63.8 Å². The Bertz CT molecular complexity index is 2690. The third kappa shape index (κ3) is 12.9. The van der Waals surface area contributed by atoms with Crippen LogP contribution in [0.2, 0.25) is 10.0 Å². The molecule has 0 bridgehead atoms. The van der Waals surface area contributed by atoms with Gasteiger partial charge in [0, 0.05) is 53.2 Å². The maximum absolute atomic E-state index is 15.4. The van der Waals surface area contributed by atoms with Crippen LogP contribution in [0.3, 0.4) is 0 Å². The minimum Gasteiger partial charge on any atom is -0.508 e. The summed E-state index contributed by atoms with van der Waals surface area (Å²) in [4.78, 5) is 45.6. The van der Waals surface area contributed by atoms with Crippen LogP contribution in [0.1, 0.15) is 133 Å². The fourth-order valence-electron chi connectivity index (χ4n) is 8.63. The quantitative estimate of drug-likeness (QED) is 0.123. The van der Waals surface area contributed by atoms with Crippen LogP contribution in [-0.2, 0) is 24.8 Å². The lowest BCUT2D eigenvalue weighted by atomic mass is 9.79. The van der Waals surface area contributed by atoms with Crippen molar-refractivity contribution in [2.45, 2.75) is 124 Å². The number of aromatic nitrogens is 2. The fraction of sp³-hybridized carbons (Fsp3) is 0.490. The predicted molar refractivity (Wildman–Crippen MR) is 274 cm³/mol. The first-order chi connectivity index (χ1) is 32.2. The number of phenolic OH excluding ortho intramolecular Hbond substituents is 1. The molecule has 0 saturated heterocycles. The highest BCUT2D eigenvalue weighted by Crippen LogP contribution is 2.40. The van der Waals surface area contributed by atoms with Crippen molar-refractivity contribution >= 4 is 79.6 Å². The Balaban J connectivity index is 1.47. The number of amides is 1. The molecule has 2 N–H and O–H groups in total. The molecule has 14 nitrogen and oxygen atoms in total. The fourth-order valence-corrected chi connectivity index (χ4v) is 9.68. The van der Waals surface area contributed by atoms with E-state index in [4.69, 9.17) is 47.7 Å². The molecule has 68 heavy (non-hydrogen) atoms. The molecular weight excluding hydrogens is 926 g/mol. The summed E-state index contributed by atoms with van der Waals surface area (Å²) in [6.07, 6.45) is 10.5. The van der Waals surface area contributed by atoms with E-state index in [2.05, 4.69) is 17.3 Å². The summed E-state index contributed by atoms with van der Waals surface area (Å²) in [7, 11) is -3.17. The number of amidine groups is 1. The van der Waals surface area contributed by atoms with E-state index in [1.165, 1.54) is 23.4 Å². The number of aryl methyl sites for hydroxylation is 1. The summed E-state index contributed by atoms with van der Waals surface area (Å²) >= 11 is 13.2. The first-order valence-electron chi connectivity index (χ1n) is 23.6. The van der Waals surface area contributed by atoms with Crippen molar-refractivity contribution in [3.63, 3.8) is 0 Å². The van der Waals surface area contributed by atoms with Crippen LogP contribution in [0.15, 0.2) is 75.6 Å². The highest BCUT2D eigenvalue weighted by Gasteiger charge is 2.46. The Labute approximate surface area is 411 Å². The number of aromatic hydroxyl groups is 1. The molecule has 366 valence electrons. The van der Waals surface area contributed by atoms with E-state index >= 15 is 4.79 Å². The number of hydrogen-bond acceptors (Lipinski definition) is 11. The Morgan fingerprint density at radius 3 is 2.31 bits per heavy atom. The zero-order valence-electron chi connectivity index (χ0n) is 40.5. The monoisotopic (exact) mass is 989 g/mol. The van der Waals surface area contributed by atoms with Crippen LogP contribution >= 0.6 is 23.2 Å². The Kier molecular flexibility index (Phi) is 17.2. The van der Waals surface area contributed by atoms with Gasteiger partial charge in [0.15, 0.2) is 17.1 Å². The van der Waals surface area contributed by atoms with Crippen LogP contribution < -0.4 is 15.0 Å². The molecule has 0 radical (unpaired) electrons. The number of benzene rings is 3. The number of nitrogens with one attached hydrogen (secondary N) is 1. The van der Waals surface area contributed by atoms with E-state index < -0.39 is 32.7 Å². The lowest BCUT2D eigenvalue weighted by Gasteiger charge is -2.39. The smallest absolute Gasteiger partial charge is 0.358 e. The number of carbonyl (C=O) groups excluding carboxylic acids is 2. The number of hydrogen-bond donors (Lipinski definition) is 2. The second-order valence-electron chi connectivity index (χ2n) is 18.8. The molecule has 1 fully saturated rings. The van der Waals surface area contributed by atoms with Crippen LogP contribution in [0, 0.1) is 12.8 Å². The van der Waals surface area contributed by atoms with E-state index in [0.29, 0.717) is 47.1 Å². The minimum absolute atomic E-state index is 0.0145. The first kappa shape index (κ1) is 52.1. The summed E-state index contributed by atoms with van der Waals surface area (Å²) in [5.74, 6) is -0.539. The molecule has 17 heteroatoms. The molecule has 1 amide bonds. The highest BCUT2D eigenvalue weighted by atomic mass is 35.5. The average molecular weight is 991 g/mol. The van der Waals surface area contributed by atoms with Gasteiger partial charge >= 0.3 is 5.97 Å². The SMILES string of the molecule is CCOC(=O)c1cc(NC(=O)C2(Oc3ccc(O)c(C(C)(C)C)c3)CCCCCCCCCCC2C)n(C2=NC(=Nc3ccc(N(CC)CCS(C)(=O)=O)cc3C)C(c3ccc(Cl)cc3Cl)=N2)n1. The number of phenols is 1. The summed E-state index contributed by atoms with van der Waals surface area (Å²) < 4.78 is 37.7. The van der Waals surface area contributed by atoms with Crippen molar-refractivity contribution in [1.82, 2.24) is 9.78 Å². The summed E-state index contributed by atoms with van der Waals surface area (Å²) in [5.41, 5.74) is 1.75. The van der Waals surface area contributed by atoms with Gasteiger partial charge in [0.25, 0.3) is 11.9 Å². The summed E-state index contributed by atoms with van der Waals surface area (Å²) in [6, 6.07) is 17.2. The number of aliphatic imine (C=N–C) groups is 3. The van der Waals surface area contributed by atoms with Crippen molar-refractivity contribution in [2.75, 3.05) is 41.9 Å². The van der Waals surface area contributed by atoms with E-state index in [-0.39, 0.29) is 58.1 Å². The van der Waals surface area contributed by atoms with Crippen LogP contribution in [0.25, 0.3) is 0 Å². The van der Waals surface area contributed by atoms with E-state index in [0.717, 1.165) is 62.6 Å². The normalized spacial score (nSPS) is 19.1. The topological polar surface area (TPSA) is 177 Å². The van der Waals surface area contributed by atoms with Gasteiger partial charge in [0.1, 0.15) is 32.9 Å². The van der Waals surface area contributed by atoms with E-state index in [9.17, 15) is 18.3 Å². The molecule has 0 spiro atoms.